The number of hydrogen-bond acceptors (Lipinski definition) is 2. The molecule has 3 nitrogen and oxygen atoms in total. The zero-order valence-electron chi connectivity index (χ0n) is 5.37. The highest BCUT2D eigenvalue weighted by Gasteiger charge is 1.98. The summed E-state index contributed by atoms with van der Waals surface area (Å²) >= 11 is 0. The molecule has 0 aliphatic rings. The van der Waals surface area contributed by atoms with Crippen LogP contribution in [0, 0.1) is 0 Å². The molecule has 11 heavy (non-hydrogen) atoms. The van der Waals surface area contributed by atoms with E-state index >= 15 is 0 Å². The highest BCUT2D eigenvalue weighted by Crippen LogP contribution is 1.95. The first kappa shape index (κ1) is 9.65. The molecule has 0 heterocycles. The minimum absolute atomic E-state index is 0. The quantitative estimate of drug-likeness (QED) is 0.357. The third-order valence-corrected chi connectivity index (χ3v) is 1.17. The van der Waals surface area contributed by atoms with Gasteiger partial charge in [-0.05, 0) is 12.1 Å². The van der Waals surface area contributed by atoms with E-state index in [4.69, 9.17) is 5.84 Å². The molecule has 1 aromatic rings. The van der Waals surface area contributed by atoms with E-state index in [0.717, 1.165) is 0 Å². The van der Waals surface area contributed by atoms with Crippen LogP contribution in [0.15, 0.2) is 30.3 Å². The number of nitrogen functional groups attached to an aromatic ring is 1. The van der Waals surface area contributed by atoms with Crippen LogP contribution in [0.3, 0.4) is 0 Å². The van der Waals surface area contributed by atoms with Crippen molar-refractivity contribution in [3.8, 4) is 0 Å². The predicted molar refractivity (Wildman–Crippen MR) is 44.8 cm³/mol. The van der Waals surface area contributed by atoms with Gasteiger partial charge in [-0.3, -0.25) is 10.2 Å². The molecule has 3 heteroatoms. The highest BCUT2D eigenvalue weighted by atomic mass is 16.2. The summed E-state index contributed by atoms with van der Waals surface area (Å²) in [6, 6.07) is 8.80. The topological polar surface area (TPSA) is 55.1 Å². The van der Waals surface area contributed by atoms with Crippen LogP contribution >= 0.6 is 0 Å². The molecular formula is C8H12N2O. The van der Waals surface area contributed by atoms with E-state index in [0.29, 0.717) is 5.56 Å². The molecule has 3 N–H and O–H groups in total. The van der Waals surface area contributed by atoms with Crippen LogP contribution in [0.25, 0.3) is 0 Å². The van der Waals surface area contributed by atoms with Gasteiger partial charge in [-0.25, -0.2) is 5.84 Å². The number of carbonyl (C=O) groups excluding carboxylic acids is 1. The van der Waals surface area contributed by atoms with Gasteiger partial charge in [0.1, 0.15) is 0 Å². The largest absolute Gasteiger partial charge is 0.290 e. The van der Waals surface area contributed by atoms with E-state index in [9.17, 15) is 4.79 Å². The lowest BCUT2D eigenvalue weighted by Crippen LogP contribution is -2.29. The molecule has 60 valence electrons. The van der Waals surface area contributed by atoms with Gasteiger partial charge in [-0.2, -0.15) is 0 Å². The lowest BCUT2D eigenvalue weighted by molar-refractivity contribution is 0.0953. The number of amides is 1. The lowest BCUT2D eigenvalue weighted by atomic mass is 10.2. The summed E-state index contributed by atoms with van der Waals surface area (Å²) in [4.78, 5) is 10.8. The monoisotopic (exact) mass is 152 g/mol. The fourth-order valence-corrected chi connectivity index (χ4v) is 0.673. The summed E-state index contributed by atoms with van der Waals surface area (Å²) in [6.07, 6.45) is 0. The van der Waals surface area contributed by atoms with Gasteiger partial charge in [0.25, 0.3) is 5.91 Å². The summed E-state index contributed by atoms with van der Waals surface area (Å²) in [7, 11) is 0. The zero-order valence-corrected chi connectivity index (χ0v) is 5.37. The molecule has 0 spiro atoms. The number of carbonyl (C=O) groups is 1. The standard InChI is InChI=1S/C7H8N2O.CH4/c8-9-7(10)6-4-2-1-3-5-6;/h1-5H,8H2,(H,9,10);1H4. The smallest absolute Gasteiger partial charge is 0.265 e. The first-order chi connectivity index (χ1) is 4.84. The van der Waals surface area contributed by atoms with Crippen LogP contribution in [0.5, 0.6) is 0 Å². The number of benzene rings is 1. The van der Waals surface area contributed by atoms with Gasteiger partial charge in [-0.15, -0.1) is 0 Å². The maximum atomic E-state index is 10.8. The molecule has 0 aliphatic heterocycles. The molecule has 0 atom stereocenters. The Bertz CT molecular complexity index is 221. The Balaban J connectivity index is 0.000001000. The summed E-state index contributed by atoms with van der Waals surface area (Å²) < 4.78 is 0. The van der Waals surface area contributed by atoms with Gasteiger partial charge in [0.2, 0.25) is 0 Å². The number of nitrogens with one attached hydrogen (secondary N) is 1. The van der Waals surface area contributed by atoms with E-state index in [1.807, 2.05) is 11.5 Å². The normalized spacial score (nSPS) is 8.09. The Morgan fingerprint density at radius 1 is 1.27 bits per heavy atom. The molecule has 0 bridgehead atoms. The van der Waals surface area contributed by atoms with Crippen molar-refractivity contribution in [3.63, 3.8) is 0 Å². The first-order valence-electron chi connectivity index (χ1n) is 2.90. The van der Waals surface area contributed by atoms with Crippen LogP contribution in [-0.4, -0.2) is 5.91 Å². The van der Waals surface area contributed by atoms with Crippen molar-refractivity contribution in [1.82, 2.24) is 5.43 Å². The molecule has 0 aliphatic carbocycles. The van der Waals surface area contributed by atoms with E-state index in [-0.39, 0.29) is 13.3 Å². The summed E-state index contributed by atoms with van der Waals surface area (Å²) in [5, 5.41) is 0. The predicted octanol–water partition coefficient (Wildman–Crippen LogP) is 0.926. The van der Waals surface area contributed by atoms with Crippen molar-refractivity contribution in [1.29, 1.82) is 0 Å². The molecule has 1 rings (SSSR count). The average Bonchev–Trinajstić information content (AvgIpc) is 2.05. The van der Waals surface area contributed by atoms with Crippen LogP contribution < -0.4 is 11.3 Å². The van der Waals surface area contributed by atoms with Gasteiger partial charge in [-0.1, -0.05) is 25.6 Å². The first-order valence-corrected chi connectivity index (χ1v) is 2.90. The van der Waals surface area contributed by atoms with Gasteiger partial charge in [0, 0.05) is 5.56 Å². The van der Waals surface area contributed by atoms with E-state index in [1.54, 1.807) is 24.3 Å². The third-order valence-electron chi connectivity index (χ3n) is 1.17. The van der Waals surface area contributed by atoms with Gasteiger partial charge in [0.15, 0.2) is 0 Å². The third kappa shape index (κ3) is 2.39. The highest BCUT2D eigenvalue weighted by molar-refractivity contribution is 5.93. The molecule has 1 amide bonds. The van der Waals surface area contributed by atoms with Crippen molar-refractivity contribution in [2.75, 3.05) is 0 Å². The minimum atomic E-state index is -0.263. The molecule has 0 unspecified atom stereocenters. The fourth-order valence-electron chi connectivity index (χ4n) is 0.673. The van der Waals surface area contributed by atoms with E-state index in [2.05, 4.69) is 0 Å². The van der Waals surface area contributed by atoms with E-state index < -0.39 is 0 Å². The SMILES string of the molecule is C.NNC(=O)c1ccccc1. The Morgan fingerprint density at radius 3 is 2.27 bits per heavy atom. The van der Waals surface area contributed by atoms with Crippen LogP contribution in [0.1, 0.15) is 17.8 Å². The van der Waals surface area contributed by atoms with Crippen molar-refractivity contribution in [2.45, 2.75) is 7.43 Å². The molecule has 0 saturated carbocycles. The van der Waals surface area contributed by atoms with Crippen molar-refractivity contribution in [3.05, 3.63) is 35.9 Å². The van der Waals surface area contributed by atoms with Crippen LogP contribution in [0.2, 0.25) is 0 Å². The second-order valence-electron chi connectivity index (χ2n) is 1.84. The van der Waals surface area contributed by atoms with Crippen LogP contribution in [-0.2, 0) is 0 Å². The summed E-state index contributed by atoms with van der Waals surface area (Å²) in [6.45, 7) is 0. The van der Waals surface area contributed by atoms with Gasteiger partial charge >= 0.3 is 0 Å². The molecule has 0 saturated heterocycles. The lowest BCUT2D eigenvalue weighted by Gasteiger charge is -1.95. The Labute approximate surface area is 66.2 Å². The Hall–Kier alpha value is -1.35. The van der Waals surface area contributed by atoms with Crippen molar-refractivity contribution < 1.29 is 4.79 Å². The number of rotatable bonds is 1. The van der Waals surface area contributed by atoms with Crippen molar-refractivity contribution >= 4 is 5.91 Å². The fraction of sp³-hybridized carbons (Fsp3) is 0.125. The van der Waals surface area contributed by atoms with Gasteiger partial charge < -0.3 is 0 Å². The molecule has 1 aromatic carbocycles. The second-order valence-corrected chi connectivity index (χ2v) is 1.84. The maximum Gasteiger partial charge on any atom is 0.265 e. The molecule has 0 fully saturated rings. The Kier molecular flexibility index (Phi) is 3.92. The number of hydrogen-bond donors (Lipinski definition) is 2. The number of nitrogens with two attached hydrogens (primary N) is 1. The van der Waals surface area contributed by atoms with E-state index in [1.165, 1.54) is 0 Å². The second kappa shape index (κ2) is 4.46. The van der Waals surface area contributed by atoms with Gasteiger partial charge in [0.05, 0.1) is 0 Å². The van der Waals surface area contributed by atoms with Crippen molar-refractivity contribution in [2.24, 2.45) is 5.84 Å². The molecule has 0 aromatic heterocycles. The maximum absolute atomic E-state index is 10.8. The van der Waals surface area contributed by atoms with Crippen LogP contribution in [0.4, 0.5) is 0 Å². The summed E-state index contributed by atoms with van der Waals surface area (Å²) in [5.41, 5.74) is 2.62. The number of hydrazine groups is 1. The average molecular weight is 152 g/mol. The minimum Gasteiger partial charge on any atom is -0.290 e. The molecule has 0 radical (unpaired) electrons. The zero-order chi connectivity index (χ0) is 7.40. The molecular weight excluding hydrogens is 140 g/mol. The summed E-state index contributed by atoms with van der Waals surface area (Å²) in [5.74, 6) is 4.64. The Morgan fingerprint density at radius 2 is 1.82 bits per heavy atom.